The van der Waals surface area contributed by atoms with Crippen LogP contribution in [-0.2, 0) is 11.2 Å². The molecule has 6 rings (SSSR count). The first kappa shape index (κ1) is 22.1. The summed E-state index contributed by atoms with van der Waals surface area (Å²) >= 11 is 0. The third kappa shape index (κ3) is 4.61. The van der Waals surface area contributed by atoms with E-state index in [1.54, 1.807) is 0 Å². The van der Waals surface area contributed by atoms with Gasteiger partial charge in [0.15, 0.2) is 0 Å². The molecule has 3 nitrogen and oxygen atoms in total. The summed E-state index contributed by atoms with van der Waals surface area (Å²) in [6.45, 7) is 4.08. The molecule has 2 aliphatic rings. The highest BCUT2D eigenvalue weighted by Gasteiger charge is 2.25. The molecule has 0 aliphatic carbocycles. The molecule has 0 saturated carbocycles. The van der Waals surface area contributed by atoms with E-state index >= 15 is 0 Å². The molecule has 4 aromatic carbocycles. The van der Waals surface area contributed by atoms with Crippen LogP contribution in [0.4, 0.5) is 5.69 Å². The van der Waals surface area contributed by atoms with Gasteiger partial charge in [-0.2, -0.15) is 0 Å². The normalized spacial score (nSPS) is 16.5. The number of rotatable bonds is 5. The number of likely N-dealkylation sites (tertiary alicyclic amines) is 1. The van der Waals surface area contributed by atoms with Gasteiger partial charge < -0.3 is 9.80 Å². The van der Waals surface area contributed by atoms with Gasteiger partial charge in [0.2, 0.25) is 5.91 Å². The predicted molar refractivity (Wildman–Crippen MR) is 146 cm³/mol. The minimum atomic E-state index is 0.261. The van der Waals surface area contributed by atoms with Crippen LogP contribution in [0.5, 0.6) is 0 Å². The molecule has 35 heavy (non-hydrogen) atoms. The lowest BCUT2D eigenvalue weighted by Gasteiger charge is -2.33. The van der Waals surface area contributed by atoms with Gasteiger partial charge in [-0.3, -0.25) is 4.79 Å². The monoisotopic (exact) mass is 460 g/mol. The van der Waals surface area contributed by atoms with Crippen LogP contribution in [-0.4, -0.2) is 37.0 Å². The number of carbonyl (C=O) groups is 1. The van der Waals surface area contributed by atoms with Crippen molar-refractivity contribution < 1.29 is 4.79 Å². The van der Waals surface area contributed by atoms with Crippen molar-refractivity contribution in [2.24, 2.45) is 0 Å². The zero-order chi connectivity index (χ0) is 23.6. The largest absolute Gasteiger partial charge is 0.311 e. The molecule has 2 aliphatic heterocycles. The molecule has 0 bridgehead atoms. The molecule has 0 atom stereocenters. The summed E-state index contributed by atoms with van der Waals surface area (Å²) in [6, 6.07) is 30.6. The van der Waals surface area contributed by atoms with Crippen molar-refractivity contribution >= 4 is 22.4 Å². The van der Waals surface area contributed by atoms with Crippen molar-refractivity contribution in [1.29, 1.82) is 0 Å². The van der Waals surface area contributed by atoms with Gasteiger partial charge in [-0.25, -0.2) is 0 Å². The van der Waals surface area contributed by atoms with E-state index in [0.717, 1.165) is 38.3 Å². The summed E-state index contributed by atoms with van der Waals surface area (Å²) in [5.41, 5.74) is 7.19. The Morgan fingerprint density at radius 3 is 2.14 bits per heavy atom. The fourth-order valence-corrected chi connectivity index (χ4v) is 5.63. The number of piperidine rings is 1. The van der Waals surface area contributed by atoms with Gasteiger partial charge in [-0.15, -0.1) is 0 Å². The zero-order valence-electron chi connectivity index (χ0n) is 20.2. The fourth-order valence-electron chi connectivity index (χ4n) is 5.63. The maximum atomic E-state index is 12.9. The Hall–Kier alpha value is -3.43. The van der Waals surface area contributed by atoms with Crippen molar-refractivity contribution in [2.45, 2.75) is 32.1 Å². The highest BCUT2D eigenvalue weighted by Crippen LogP contribution is 2.34. The van der Waals surface area contributed by atoms with Gasteiger partial charge in [-0.1, -0.05) is 73.2 Å². The lowest BCUT2D eigenvalue weighted by molar-refractivity contribution is -0.118. The fraction of sp³-hybridized carbons (Fsp3) is 0.281. The number of nitrogens with zero attached hydrogens (tertiary/aromatic N) is 2. The van der Waals surface area contributed by atoms with Crippen LogP contribution in [0.15, 0.2) is 84.9 Å². The SMILES string of the molecule is O=C1CCc2ccc(-c3cccc(-c4ccc5ccccc5c4)c3)cc2N1CCN1CCCCC1. The number of amides is 1. The molecule has 1 saturated heterocycles. The van der Waals surface area contributed by atoms with E-state index in [1.165, 1.54) is 57.9 Å². The van der Waals surface area contributed by atoms with Crippen molar-refractivity contribution in [1.82, 2.24) is 4.90 Å². The number of carbonyl (C=O) groups excluding carboxylic acids is 1. The third-order valence-corrected chi connectivity index (χ3v) is 7.65. The summed E-state index contributed by atoms with van der Waals surface area (Å²) < 4.78 is 0. The second-order valence-corrected chi connectivity index (χ2v) is 9.93. The van der Waals surface area contributed by atoms with Crippen molar-refractivity contribution in [3.63, 3.8) is 0 Å². The quantitative estimate of drug-likeness (QED) is 0.322. The molecule has 0 spiro atoms. The van der Waals surface area contributed by atoms with Gasteiger partial charge in [-0.05, 0) is 89.1 Å². The molecular formula is C32H32N2O. The molecule has 0 radical (unpaired) electrons. The first-order valence-corrected chi connectivity index (χ1v) is 13.0. The molecule has 2 heterocycles. The van der Waals surface area contributed by atoms with Crippen LogP contribution < -0.4 is 4.90 Å². The molecule has 3 heteroatoms. The van der Waals surface area contributed by atoms with Crippen LogP contribution in [0.3, 0.4) is 0 Å². The number of hydrogen-bond acceptors (Lipinski definition) is 2. The van der Waals surface area contributed by atoms with Crippen molar-refractivity contribution in [2.75, 3.05) is 31.1 Å². The first-order valence-electron chi connectivity index (χ1n) is 13.0. The minimum Gasteiger partial charge on any atom is -0.311 e. The van der Waals surface area contributed by atoms with Crippen LogP contribution in [0.25, 0.3) is 33.0 Å². The highest BCUT2D eigenvalue weighted by atomic mass is 16.2. The topological polar surface area (TPSA) is 23.6 Å². The Morgan fingerprint density at radius 1 is 0.600 bits per heavy atom. The van der Waals surface area contributed by atoms with E-state index in [0.29, 0.717) is 6.42 Å². The van der Waals surface area contributed by atoms with E-state index in [2.05, 4.69) is 89.8 Å². The molecule has 1 amide bonds. The molecule has 176 valence electrons. The van der Waals surface area contributed by atoms with Crippen LogP contribution in [0, 0.1) is 0 Å². The van der Waals surface area contributed by atoms with Crippen LogP contribution in [0.1, 0.15) is 31.2 Å². The number of benzene rings is 4. The van der Waals surface area contributed by atoms with Gasteiger partial charge in [0.1, 0.15) is 0 Å². The maximum absolute atomic E-state index is 12.9. The Kier molecular flexibility index (Phi) is 6.10. The van der Waals surface area contributed by atoms with E-state index in [-0.39, 0.29) is 5.91 Å². The first-order chi connectivity index (χ1) is 17.2. The Balaban J connectivity index is 1.29. The molecule has 1 fully saturated rings. The van der Waals surface area contributed by atoms with E-state index < -0.39 is 0 Å². The molecule has 0 N–H and O–H groups in total. The highest BCUT2D eigenvalue weighted by molar-refractivity contribution is 5.97. The third-order valence-electron chi connectivity index (χ3n) is 7.65. The number of fused-ring (bicyclic) bond motifs is 2. The molecular weight excluding hydrogens is 428 g/mol. The van der Waals surface area contributed by atoms with Crippen LogP contribution in [0.2, 0.25) is 0 Å². The second-order valence-electron chi connectivity index (χ2n) is 9.93. The molecule has 4 aromatic rings. The Labute approximate surface area is 208 Å². The average molecular weight is 461 g/mol. The number of aryl methyl sites for hydroxylation is 1. The van der Waals surface area contributed by atoms with E-state index in [1.807, 2.05) is 4.90 Å². The molecule has 0 aromatic heterocycles. The van der Waals surface area contributed by atoms with E-state index in [4.69, 9.17) is 0 Å². The van der Waals surface area contributed by atoms with Crippen LogP contribution >= 0.6 is 0 Å². The zero-order valence-corrected chi connectivity index (χ0v) is 20.2. The number of hydrogen-bond donors (Lipinski definition) is 0. The lowest BCUT2D eigenvalue weighted by Crippen LogP contribution is -2.42. The Bertz CT molecular complexity index is 1370. The minimum absolute atomic E-state index is 0.261. The summed E-state index contributed by atoms with van der Waals surface area (Å²) in [5.74, 6) is 0.261. The predicted octanol–water partition coefficient (Wildman–Crippen LogP) is 6.94. The smallest absolute Gasteiger partial charge is 0.227 e. The Morgan fingerprint density at radius 2 is 1.31 bits per heavy atom. The summed E-state index contributed by atoms with van der Waals surface area (Å²) in [6.07, 6.45) is 5.35. The summed E-state index contributed by atoms with van der Waals surface area (Å²) in [4.78, 5) is 17.5. The van der Waals surface area contributed by atoms with Gasteiger partial charge in [0, 0.05) is 25.2 Å². The average Bonchev–Trinajstić information content (AvgIpc) is 2.92. The van der Waals surface area contributed by atoms with Gasteiger partial charge in [0.05, 0.1) is 0 Å². The van der Waals surface area contributed by atoms with Crippen molar-refractivity contribution in [3.8, 4) is 22.3 Å². The van der Waals surface area contributed by atoms with Crippen molar-refractivity contribution in [3.05, 3.63) is 90.5 Å². The lowest BCUT2D eigenvalue weighted by atomic mass is 9.94. The summed E-state index contributed by atoms with van der Waals surface area (Å²) in [5, 5.41) is 2.52. The standard InChI is InChI=1S/C32H32N2O/c35-32-16-15-25-12-14-30(23-31(25)34(32)20-19-33-17-4-1-5-18-33)28-10-6-9-27(22-28)29-13-11-24-7-2-3-8-26(24)21-29/h2-3,6-14,21-23H,1,4-5,15-20H2. The maximum Gasteiger partial charge on any atom is 0.227 e. The number of anilines is 1. The molecule has 0 unspecified atom stereocenters. The second kappa shape index (κ2) is 9.67. The summed E-state index contributed by atoms with van der Waals surface area (Å²) in [7, 11) is 0. The van der Waals surface area contributed by atoms with Gasteiger partial charge >= 0.3 is 0 Å². The van der Waals surface area contributed by atoms with E-state index in [9.17, 15) is 4.79 Å². The van der Waals surface area contributed by atoms with Gasteiger partial charge in [0.25, 0.3) is 0 Å².